The maximum absolute atomic E-state index is 4.17. The lowest BCUT2D eigenvalue weighted by Crippen LogP contribution is -2.27. The zero-order chi connectivity index (χ0) is 11.1. The van der Waals surface area contributed by atoms with Crippen LogP contribution in [0.4, 0.5) is 0 Å². The predicted molar refractivity (Wildman–Crippen MR) is 64.9 cm³/mol. The second-order valence-electron chi connectivity index (χ2n) is 3.57. The minimum atomic E-state index is 0.542. The molecule has 0 aliphatic rings. The van der Waals surface area contributed by atoms with E-state index in [0.29, 0.717) is 6.04 Å². The minimum absolute atomic E-state index is 0.542. The van der Waals surface area contributed by atoms with E-state index in [1.54, 1.807) is 11.0 Å². The van der Waals surface area contributed by atoms with Crippen molar-refractivity contribution in [3.8, 4) is 0 Å². The lowest BCUT2D eigenvalue weighted by Gasteiger charge is -2.12. The summed E-state index contributed by atoms with van der Waals surface area (Å²) in [5.74, 6) is 3.42. The molecule has 0 aliphatic heterocycles. The van der Waals surface area contributed by atoms with E-state index in [1.807, 2.05) is 18.8 Å². The first-order valence-corrected chi connectivity index (χ1v) is 6.53. The first kappa shape index (κ1) is 12.5. The number of aromatic nitrogens is 3. The molecule has 0 bridgehead atoms. The molecular weight excluding hydrogens is 208 g/mol. The monoisotopic (exact) mass is 228 g/mol. The van der Waals surface area contributed by atoms with Crippen molar-refractivity contribution in [2.75, 3.05) is 11.5 Å². The molecular formula is C10H20N4S. The van der Waals surface area contributed by atoms with Crippen LogP contribution in [0.25, 0.3) is 0 Å². The van der Waals surface area contributed by atoms with E-state index in [4.69, 9.17) is 0 Å². The van der Waals surface area contributed by atoms with Crippen LogP contribution in [0.2, 0.25) is 0 Å². The van der Waals surface area contributed by atoms with Gasteiger partial charge >= 0.3 is 0 Å². The highest BCUT2D eigenvalue weighted by Gasteiger charge is 2.04. The quantitative estimate of drug-likeness (QED) is 0.717. The van der Waals surface area contributed by atoms with Gasteiger partial charge in [-0.1, -0.05) is 6.92 Å². The van der Waals surface area contributed by atoms with Gasteiger partial charge in [0.1, 0.15) is 12.2 Å². The second kappa shape index (κ2) is 6.85. The number of nitrogens with zero attached hydrogens (tertiary/aromatic N) is 3. The van der Waals surface area contributed by atoms with E-state index in [2.05, 4.69) is 29.2 Å². The number of hydrogen-bond donors (Lipinski definition) is 1. The SMILES string of the molecule is CCSCCC(C)NCc1ncnn1C. The third-order valence-electron chi connectivity index (χ3n) is 2.31. The van der Waals surface area contributed by atoms with Gasteiger partial charge in [-0.3, -0.25) is 4.68 Å². The van der Waals surface area contributed by atoms with Crippen LogP contribution in [-0.4, -0.2) is 32.3 Å². The number of aryl methyl sites for hydroxylation is 1. The van der Waals surface area contributed by atoms with E-state index in [0.717, 1.165) is 12.4 Å². The highest BCUT2D eigenvalue weighted by atomic mass is 32.2. The Balaban J connectivity index is 2.16. The van der Waals surface area contributed by atoms with Crippen LogP contribution in [0, 0.1) is 0 Å². The maximum atomic E-state index is 4.17. The zero-order valence-electron chi connectivity index (χ0n) is 9.73. The molecule has 0 amide bonds. The molecule has 5 heteroatoms. The maximum Gasteiger partial charge on any atom is 0.140 e. The van der Waals surface area contributed by atoms with Gasteiger partial charge in [-0.15, -0.1) is 0 Å². The van der Waals surface area contributed by atoms with Crippen molar-refractivity contribution in [3.05, 3.63) is 12.2 Å². The van der Waals surface area contributed by atoms with Gasteiger partial charge in [-0.05, 0) is 24.9 Å². The molecule has 4 nitrogen and oxygen atoms in total. The Labute approximate surface area is 95.9 Å². The molecule has 86 valence electrons. The highest BCUT2D eigenvalue weighted by molar-refractivity contribution is 7.99. The van der Waals surface area contributed by atoms with Crippen LogP contribution in [0.5, 0.6) is 0 Å². The van der Waals surface area contributed by atoms with Gasteiger partial charge in [0.15, 0.2) is 0 Å². The van der Waals surface area contributed by atoms with Crippen molar-refractivity contribution in [2.45, 2.75) is 32.9 Å². The van der Waals surface area contributed by atoms with E-state index in [-0.39, 0.29) is 0 Å². The second-order valence-corrected chi connectivity index (χ2v) is 4.96. The number of thioether (sulfide) groups is 1. The first-order valence-electron chi connectivity index (χ1n) is 5.38. The van der Waals surface area contributed by atoms with Gasteiger partial charge in [-0.2, -0.15) is 16.9 Å². The summed E-state index contributed by atoms with van der Waals surface area (Å²) in [6.45, 7) is 5.21. The van der Waals surface area contributed by atoms with Crippen LogP contribution >= 0.6 is 11.8 Å². The Morgan fingerprint density at radius 1 is 1.60 bits per heavy atom. The molecule has 1 N–H and O–H groups in total. The fourth-order valence-corrected chi connectivity index (χ4v) is 2.06. The van der Waals surface area contributed by atoms with Crippen LogP contribution in [0.3, 0.4) is 0 Å². The Bertz CT molecular complexity index is 274. The molecule has 0 radical (unpaired) electrons. The molecule has 1 unspecified atom stereocenters. The van der Waals surface area contributed by atoms with Gasteiger partial charge < -0.3 is 5.32 Å². The van der Waals surface area contributed by atoms with Crippen molar-refractivity contribution in [1.82, 2.24) is 20.1 Å². The number of rotatable bonds is 7. The number of hydrogen-bond acceptors (Lipinski definition) is 4. The summed E-state index contributed by atoms with van der Waals surface area (Å²) >= 11 is 1.99. The first-order chi connectivity index (χ1) is 7.24. The number of nitrogens with one attached hydrogen (secondary N) is 1. The third-order valence-corrected chi connectivity index (χ3v) is 3.25. The van der Waals surface area contributed by atoms with Crippen LogP contribution < -0.4 is 5.32 Å². The lowest BCUT2D eigenvalue weighted by molar-refractivity contribution is 0.513. The van der Waals surface area contributed by atoms with Gasteiger partial charge in [0.05, 0.1) is 6.54 Å². The molecule has 0 spiro atoms. The van der Waals surface area contributed by atoms with Crippen molar-refractivity contribution >= 4 is 11.8 Å². The van der Waals surface area contributed by atoms with Crippen molar-refractivity contribution in [1.29, 1.82) is 0 Å². The molecule has 1 rings (SSSR count). The lowest BCUT2D eigenvalue weighted by atomic mass is 10.2. The summed E-state index contributed by atoms with van der Waals surface area (Å²) in [5.41, 5.74) is 0. The average Bonchev–Trinajstić information content (AvgIpc) is 2.61. The van der Waals surface area contributed by atoms with E-state index in [1.165, 1.54) is 17.9 Å². The molecule has 0 fully saturated rings. The molecule has 15 heavy (non-hydrogen) atoms. The van der Waals surface area contributed by atoms with Gasteiger partial charge in [0, 0.05) is 13.1 Å². The Hall–Kier alpha value is -0.550. The summed E-state index contributed by atoms with van der Waals surface area (Å²) in [6.07, 6.45) is 2.80. The van der Waals surface area contributed by atoms with Crippen LogP contribution in [0.15, 0.2) is 6.33 Å². The summed E-state index contributed by atoms with van der Waals surface area (Å²) in [5, 5.41) is 7.48. The van der Waals surface area contributed by atoms with Crippen molar-refractivity contribution < 1.29 is 0 Å². The van der Waals surface area contributed by atoms with Gasteiger partial charge in [0.2, 0.25) is 0 Å². The molecule has 1 heterocycles. The molecule has 0 saturated carbocycles. The fraction of sp³-hybridized carbons (Fsp3) is 0.800. The minimum Gasteiger partial charge on any atom is -0.307 e. The smallest absolute Gasteiger partial charge is 0.140 e. The van der Waals surface area contributed by atoms with E-state index < -0.39 is 0 Å². The molecule has 0 saturated heterocycles. The molecule has 1 atom stereocenters. The largest absolute Gasteiger partial charge is 0.307 e. The van der Waals surface area contributed by atoms with Crippen LogP contribution in [-0.2, 0) is 13.6 Å². The molecule has 1 aromatic heterocycles. The fourth-order valence-electron chi connectivity index (χ4n) is 1.25. The Morgan fingerprint density at radius 3 is 3.00 bits per heavy atom. The summed E-state index contributed by atoms with van der Waals surface area (Å²) in [6, 6.07) is 0.542. The highest BCUT2D eigenvalue weighted by Crippen LogP contribution is 2.04. The Morgan fingerprint density at radius 2 is 2.40 bits per heavy atom. The van der Waals surface area contributed by atoms with Crippen LogP contribution in [0.1, 0.15) is 26.1 Å². The normalized spacial score (nSPS) is 13.0. The van der Waals surface area contributed by atoms with Crippen molar-refractivity contribution in [3.63, 3.8) is 0 Å². The summed E-state index contributed by atoms with van der Waals surface area (Å²) in [4.78, 5) is 4.17. The van der Waals surface area contributed by atoms with Crippen molar-refractivity contribution in [2.24, 2.45) is 7.05 Å². The summed E-state index contributed by atoms with van der Waals surface area (Å²) < 4.78 is 1.81. The third kappa shape index (κ3) is 4.66. The zero-order valence-corrected chi connectivity index (χ0v) is 10.5. The summed E-state index contributed by atoms with van der Waals surface area (Å²) in [7, 11) is 1.92. The topological polar surface area (TPSA) is 42.7 Å². The average molecular weight is 228 g/mol. The van der Waals surface area contributed by atoms with E-state index >= 15 is 0 Å². The molecule has 0 aromatic carbocycles. The van der Waals surface area contributed by atoms with Gasteiger partial charge in [-0.25, -0.2) is 4.98 Å². The Kier molecular flexibility index (Phi) is 5.71. The standard InChI is InChI=1S/C10H20N4S/c1-4-15-6-5-9(2)11-7-10-12-8-13-14(10)3/h8-9,11H,4-7H2,1-3H3. The van der Waals surface area contributed by atoms with E-state index in [9.17, 15) is 0 Å². The predicted octanol–water partition coefficient (Wildman–Crippen LogP) is 1.44. The van der Waals surface area contributed by atoms with Gasteiger partial charge in [0.25, 0.3) is 0 Å². The molecule has 1 aromatic rings. The molecule has 0 aliphatic carbocycles.